The van der Waals surface area contributed by atoms with Crippen LogP contribution in [0.4, 0.5) is 5.82 Å². The highest BCUT2D eigenvalue weighted by Gasteiger charge is 2.29. The van der Waals surface area contributed by atoms with Crippen molar-refractivity contribution in [3.05, 3.63) is 52.1 Å². The topological polar surface area (TPSA) is 73.8 Å². The van der Waals surface area contributed by atoms with Gasteiger partial charge in [-0.05, 0) is 43.2 Å². The molecule has 2 aliphatic heterocycles. The normalized spacial score (nSPS) is 18.4. The summed E-state index contributed by atoms with van der Waals surface area (Å²) in [6, 6.07) is 8.19. The molecular formula is C22H26Cl2N4O3S. The van der Waals surface area contributed by atoms with Crippen molar-refractivity contribution in [2.24, 2.45) is 0 Å². The van der Waals surface area contributed by atoms with Crippen LogP contribution in [-0.2, 0) is 10.0 Å². The predicted octanol–water partition coefficient (Wildman–Crippen LogP) is 3.92. The molecule has 10 heteroatoms. The van der Waals surface area contributed by atoms with E-state index in [0.29, 0.717) is 49.9 Å². The van der Waals surface area contributed by atoms with Crippen LogP contribution in [0.3, 0.4) is 0 Å². The second kappa shape index (κ2) is 9.95. The van der Waals surface area contributed by atoms with Crippen molar-refractivity contribution >= 4 is 45.0 Å². The summed E-state index contributed by atoms with van der Waals surface area (Å²) >= 11 is 12.2. The number of anilines is 1. The molecule has 2 aromatic rings. The zero-order valence-electron chi connectivity index (χ0n) is 17.7. The Bertz CT molecular complexity index is 1060. The van der Waals surface area contributed by atoms with Crippen LogP contribution in [0.2, 0.25) is 10.0 Å². The third kappa shape index (κ3) is 5.03. The first kappa shape index (κ1) is 23.3. The predicted molar refractivity (Wildman–Crippen MR) is 126 cm³/mol. The molecule has 0 spiro atoms. The van der Waals surface area contributed by atoms with E-state index in [1.165, 1.54) is 16.4 Å². The van der Waals surface area contributed by atoms with Gasteiger partial charge in [-0.3, -0.25) is 4.79 Å². The summed E-state index contributed by atoms with van der Waals surface area (Å²) in [4.78, 5) is 21.3. The highest BCUT2D eigenvalue weighted by Crippen LogP contribution is 2.28. The minimum absolute atomic E-state index is 0.0101. The average molecular weight is 497 g/mol. The van der Waals surface area contributed by atoms with Crippen molar-refractivity contribution in [1.82, 2.24) is 14.2 Å². The number of rotatable bonds is 4. The van der Waals surface area contributed by atoms with Crippen LogP contribution in [0.25, 0.3) is 0 Å². The van der Waals surface area contributed by atoms with Gasteiger partial charge in [-0.1, -0.05) is 36.0 Å². The lowest BCUT2D eigenvalue weighted by molar-refractivity contribution is 0.0746. The number of piperazine rings is 1. The van der Waals surface area contributed by atoms with Gasteiger partial charge in [-0.2, -0.15) is 4.31 Å². The number of carbonyl (C=O) groups is 1. The van der Waals surface area contributed by atoms with E-state index < -0.39 is 10.0 Å². The first-order valence-electron chi connectivity index (χ1n) is 10.8. The van der Waals surface area contributed by atoms with Crippen LogP contribution in [0.1, 0.15) is 36.0 Å². The molecule has 0 aliphatic carbocycles. The number of aromatic nitrogens is 1. The molecule has 172 valence electrons. The number of sulfonamides is 1. The average Bonchev–Trinajstić information content (AvgIpc) is 3.10. The van der Waals surface area contributed by atoms with Gasteiger partial charge < -0.3 is 9.80 Å². The van der Waals surface area contributed by atoms with Crippen molar-refractivity contribution in [3.8, 4) is 0 Å². The zero-order valence-corrected chi connectivity index (χ0v) is 20.0. The van der Waals surface area contributed by atoms with Crippen molar-refractivity contribution in [3.63, 3.8) is 0 Å². The lowest BCUT2D eigenvalue weighted by Crippen LogP contribution is -2.49. The Kier molecular flexibility index (Phi) is 7.24. The van der Waals surface area contributed by atoms with Gasteiger partial charge in [-0.15, -0.1) is 0 Å². The highest BCUT2D eigenvalue weighted by atomic mass is 35.5. The maximum Gasteiger partial charge on any atom is 0.254 e. The van der Waals surface area contributed by atoms with E-state index in [2.05, 4.69) is 9.88 Å². The minimum Gasteiger partial charge on any atom is -0.353 e. The van der Waals surface area contributed by atoms with E-state index in [9.17, 15) is 13.2 Å². The highest BCUT2D eigenvalue weighted by molar-refractivity contribution is 7.89. The molecule has 0 N–H and O–H groups in total. The summed E-state index contributed by atoms with van der Waals surface area (Å²) in [5.74, 6) is 0.622. The van der Waals surface area contributed by atoms with Crippen LogP contribution in [0, 0.1) is 0 Å². The number of hydrogen-bond acceptors (Lipinski definition) is 5. The fourth-order valence-corrected chi connectivity index (χ4v) is 6.26. The monoisotopic (exact) mass is 496 g/mol. The van der Waals surface area contributed by atoms with Gasteiger partial charge in [0, 0.05) is 51.0 Å². The van der Waals surface area contributed by atoms with Gasteiger partial charge in [0.25, 0.3) is 5.91 Å². The Hall–Kier alpha value is -1.87. The molecule has 1 amide bonds. The van der Waals surface area contributed by atoms with Crippen molar-refractivity contribution < 1.29 is 13.2 Å². The van der Waals surface area contributed by atoms with Gasteiger partial charge in [0.05, 0.1) is 10.0 Å². The van der Waals surface area contributed by atoms with Gasteiger partial charge in [0.2, 0.25) is 10.0 Å². The number of carbonyl (C=O) groups excluding carboxylic acids is 1. The Morgan fingerprint density at radius 2 is 1.56 bits per heavy atom. The minimum atomic E-state index is -3.75. The van der Waals surface area contributed by atoms with E-state index in [0.717, 1.165) is 31.5 Å². The summed E-state index contributed by atoms with van der Waals surface area (Å²) in [5, 5.41) is 0.723. The Morgan fingerprint density at radius 3 is 2.19 bits per heavy atom. The fraction of sp³-hybridized carbons (Fsp3) is 0.455. The lowest BCUT2D eigenvalue weighted by Gasteiger charge is -2.35. The molecule has 0 saturated carbocycles. The quantitative estimate of drug-likeness (QED) is 0.641. The molecule has 2 saturated heterocycles. The number of halogens is 2. The summed E-state index contributed by atoms with van der Waals surface area (Å²) in [5.41, 5.74) is 0.334. The van der Waals surface area contributed by atoms with Gasteiger partial charge in [0.15, 0.2) is 0 Å². The SMILES string of the molecule is O=C(c1ccc(Cl)c(S(=O)(=O)N2CCCCCC2)c1)N1CCN(c2ccc(Cl)cn2)CC1. The summed E-state index contributed by atoms with van der Waals surface area (Å²) in [7, 11) is -3.75. The number of amides is 1. The Labute approximate surface area is 199 Å². The van der Waals surface area contributed by atoms with Crippen molar-refractivity contribution in [2.75, 3.05) is 44.2 Å². The zero-order chi connectivity index (χ0) is 22.7. The second-order valence-corrected chi connectivity index (χ2v) is 10.8. The molecule has 3 heterocycles. The van der Waals surface area contributed by atoms with Crippen molar-refractivity contribution in [2.45, 2.75) is 30.6 Å². The fourth-order valence-electron chi connectivity index (χ4n) is 4.13. The molecule has 4 rings (SSSR count). The molecule has 0 bridgehead atoms. The molecule has 0 unspecified atom stereocenters. The largest absolute Gasteiger partial charge is 0.353 e. The van der Waals surface area contributed by atoms with E-state index in [-0.39, 0.29) is 15.8 Å². The number of pyridine rings is 1. The summed E-state index contributed by atoms with van der Waals surface area (Å²) in [6.07, 6.45) is 5.32. The summed E-state index contributed by atoms with van der Waals surface area (Å²) in [6.45, 7) is 3.26. The molecular weight excluding hydrogens is 471 g/mol. The lowest BCUT2D eigenvalue weighted by atomic mass is 10.2. The molecule has 1 aromatic carbocycles. The van der Waals surface area contributed by atoms with E-state index in [1.54, 1.807) is 23.2 Å². The molecule has 1 aromatic heterocycles. The smallest absolute Gasteiger partial charge is 0.254 e. The first-order valence-corrected chi connectivity index (χ1v) is 13.0. The maximum atomic E-state index is 13.2. The van der Waals surface area contributed by atoms with E-state index in [1.807, 2.05) is 6.07 Å². The van der Waals surface area contributed by atoms with Crippen LogP contribution < -0.4 is 4.90 Å². The number of nitrogens with zero attached hydrogens (tertiary/aromatic N) is 4. The van der Waals surface area contributed by atoms with E-state index in [4.69, 9.17) is 23.2 Å². The number of benzene rings is 1. The number of hydrogen-bond donors (Lipinski definition) is 0. The summed E-state index contributed by atoms with van der Waals surface area (Å²) < 4.78 is 28.0. The second-order valence-electron chi connectivity index (χ2n) is 8.08. The molecule has 32 heavy (non-hydrogen) atoms. The third-order valence-corrected chi connectivity index (χ3v) is 8.57. The third-order valence-electron chi connectivity index (χ3n) is 5.96. The first-order chi connectivity index (χ1) is 15.4. The molecule has 7 nitrogen and oxygen atoms in total. The molecule has 2 fully saturated rings. The standard InChI is InChI=1S/C22H26Cl2N4O3S/c23-18-6-8-21(25-16-18)26-11-13-27(14-12-26)22(29)17-5-7-19(24)20(15-17)32(30,31)28-9-3-1-2-4-10-28/h5-8,15-16H,1-4,9-14H2. The molecule has 0 atom stereocenters. The van der Waals surface area contributed by atoms with Crippen LogP contribution in [0.15, 0.2) is 41.4 Å². The van der Waals surface area contributed by atoms with Crippen molar-refractivity contribution in [1.29, 1.82) is 0 Å². The Morgan fingerprint density at radius 1 is 0.875 bits per heavy atom. The molecule has 2 aliphatic rings. The Balaban J connectivity index is 1.48. The van der Waals surface area contributed by atoms with Crippen LogP contribution in [-0.4, -0.2) is 67.8 Å². The maximum absolute atomic E-state index is 13.2. The molecule has 0 radical (unpaired) electrons. The van der Waals surface area contributed by atoms with Gasteiger partial charge in [0.1, 0.15) is 10.7 Å². The van der Waals surface area contributed by atoms with Crippen LogP contribution in [0.5, 0.6) is 0 Å². The van der Waals surface area contributed by atoms with Gasteiger partial charge in [-0.25, -0.2) is 13.4 Å². The van der Waals surface area contributed by atoms with E-state index >= 15 is 0 Å². The van der Waals surface area contributed by atoms with Crippen LogP contribution >= 0.6 is 23.2 Å². The van der Waals surface area contributed by atoms with Gasteiger partial charge >= 0.3 is 0 Å².